The molecule has 1 unspecified atom stereocenters. The van der Waals surface area contributed by atoms with Crippen LogP contribution in [0.4, 0.5) is 0 Å². The number of Topliss-reactive ketones (excluding diaryl/α,β-unsaturated/α-hetero) is 2. The number of phenolic OH excluding ortho intramolecular Hbond substituents is 1. The Morgan fingerprint density at radius 3 is 2.33 bits per heavy atom. The van der Waals surface area contributed by atoms with Crippen molar-refractivity contribution in [1.82, 2.24) is 15.1 Å². The monoisotopic (exact) mass is 556 g/mol. The number of rotatable bonds is 7. The molecule has 7 N–H and O–H groups in total. The zero-order valence-corrected chi connectivity index (χ0v) is 23.2. The molecule has 1 aromatic rings. The standard InChI is InChI=1S/C28H36N4O8/c1-6-12-7-14(10-30-17(33)11-31(2)3)22(34)19-15(12)8-13-9-16-21(32(4)5)24(36)20(27(29)39)26(38)28(16,40)25(37)18(13)23(19)35/h7,13,16,21,34,36-37,40H,6,8-11H2,1-5H3,(H2,29,39)(H,30,33)/t13-,16-,21?,28-/m0/s1. The van der Waals surface area contributed by atoms with Gasteiger partial charge in [0.05, 0.1) is 18.2 Å². The molecular formula is C28H36N4O8. The summed E-state index contributed by atoms with van der Waals surface area (Å²) in [5.41, 5.74) is 3.23. The van der Waals surface area contributed by atoms with Crippen molar-refractivity contribution in [2.24, 2.45) is 17.6 Å². The van der Waals surface area contributed by atoms with Crippen molar-refractivity contribution in [3.63, 3.8) is 0 Å². The van der Waals surface area contributed by atoms with Crippen LogP contribution in [0.2, 0.25) is 0 Å². The summed E-state index contributed by atoms with van der Waals surface area (Å²) >= 11 is 0. The molecule has 216 valence electrons. The maximum atomic E-state index is 13.9. The van der Waals surface area contributed by atoms with Crippen LogP contribution >= 0.6 is 0 Å². The van der Waals surface area contributed by atoms with E-state index in [4.69, 9.17) is 5.73 Å². The molecule has 12 nitrogen and oxygen atoms in total. The number of carbonyl (C=O) groups excluding carboxylic acids is 4. The first-order valence-electron chi connectivity index (χ1n) is 13.1. The molecule has 3 aliphatic carbocycles. The number of aliphatic hydroxyl groups excluding tert-OH is 2. The third-order valence-corrected chi connectivity index (χ3v) is 8.21. The van der Waals surface area contributed by atoms with E-state index >= 15 is 0 Å². The van der Waals surface area contributed by atoms with Crippen LogP contribution in [0.1, 0.15) is 40.4 Å². The number of nitrogens with zero attached hydrogens (tertiary/aromatic N) is 2. The Bertz CT molecular complexity index is 1380. The lowest BCUT2D eigenvalue weighted by Gasteiger charge is -2.50. The van der Waals surface area contributed by atoms with E-state index in [1.54, 1.807) is 39.2 Å². The number of nitrogens with one attached hydrogen (secondary N) is 1. The fourth-order valence-corrected chi connectivity index (χ4v) is 6.44. The van der Waals surface area contributed by atoms with Crippen LogP contribution in [0.15, 0.2) is 28.7 Å². The molecule has 0 saturated heterocycles. The van der Waals surface area contributed by atoms with Crippen molar-refractivity contribution in [1.29, 1.82) is 0 Å². The minimum absolute atomic E-state index is 0.0258. The zero-order valence-electron chi connectivity index (χ0n) is 23.2. The van der Waals surface area contributed by atoms with Crippen molar-refractivity contribution in [3.8, 4) is 5.75 Å². The summed E-state index contributed by atoms with van der Waals surface area (Å²) in [5, 5.41) is 47.9. The molecule has 40 heavy (non-hydrogen) atoms. The van der Waals surface area contributed by atoms with Gasteiger partial charge in [-0.25, -0.2) is 0 Å². The minimum Gasteiger partial charge on any atom is -0.510 e. The highest BCUT2D eigenvalue weighted by molar-refractivity contribution is 6.24. The van der Waals surface area contributed by atoms with Crippen molar-refractivity contribution in [3.05, 3.63) is 51.0 Å². The molecule has 0 saturated carbocycles. The number of amides is 2. The van der Waals surface area contributed by atoms with E-state index in [1.807, 2.05) is 6.92 Å². The average molecular weight is 557 g/mol. The molecule has 0 bridgehead atoms. The molecule has 4 rings (SSSR count). The second kappa shape index (κ2) is 10.3. The van der Waals surface area contributed by atoms with Gasteiger partial charge in [0.25, 0.3) is 5.91 Å². The Labute approximate surface area is 231 Å². The SMILES string of the molecule is CCc1cc(CNC(=O)CN(C)C)c(O)c2c1C[C@H]1C[C@H]3C(N(C)C)C(O)=C(C(N)=O)C(=O)[C@@]3(O)C(O)=C1C2=O. The highest BCUT2D eigenvalue weighted by atomic mass is 16.3. The molecule has 2 amide bonds. The van der Waals surface area contributed by atoms with Crippen LogP contribution in [-0.4, -0.2) is 100.0 Å². The molecule has 0 aromatic heterocycles. The van der Waals surface area contributed by atoms with Crippen molar-refractivity contribution < 1.29 is 39.6 Å². The molecule has 0 aliphatic heterocycles. The summed E-state index contributed by atoms with van der Waals surface area (Å²) < 4.78 is 0. The number of benzene rings is 1. The third kappa shape index (κ3) is 4.36. The van der Waals surface area contributed by atoms with Gasteiger partial charge in [-0.15, -0.1) is 0 Å². The minimum atomic E-state index is -2.69. The third-order valence-electron chi connectivity index (χ3n) is 8.21. The van der Waals surface area contributed by atoms with Gasteiger partial charge in [-0.3, -0.25) is 24.1 Å². The zero-order chi connectivity index (χ0) is 29.8. The average Bonchev–Trinajstić information content (AvgIpc) is 2.85. The van der Waals surface area contributed by atoms with E-state index in [1.165, 1.54) is 4.90 Å². The number of carbonyl (C=O) groups is 4. The lowest BCUT2D eigenvalue weighted by atomic mass is 9.58. The lowest BCUT2D eigenvalue weighted by Crippen LogP contribution is -2.63. The van der Waals surface area contributed by atoms with E-state index < -0.39 is 58.0 Å². The summed E-state index contributed by atoms with van der Waals surface area (Å²) in [4.78, 5) is 54.9. The Morgan fingerprint density at radius 1 is 1.12 bits per heavy atom. The van der Waals surface area contributed by atoms with E-state index in [0.717, 1.165) is 5.56 Å². The molecule has 0 fully saturated rings. The highest BCUT2D eigenvalue weighted by Crippen LogP contribution is 2.52. The Hall–Kier alpha value is -3.74. The van der Waals surface area contributed by atoms with Crippen LogP contribution in [-0.2, 0) is 33.8 Å². The maximum absolute atomic E-state index is 13.9. The van der Waals surface area contributed by atoms with Crippen LogP contribution in [0.3, 0.4) is 0 Å². The second-order valence-electron chi connectivity index (χ2n) is 11.2. The van der Waals surface area contributed by atoms with Gasteiger partial charge in [0, 0.05) is 23.6 Å². The summed E-state index contributed by atoms with van der Waals surface area (Å²) in [6.07, 6.45) is 0.764. The number of allylic oxidation sites excluding steroid dienone is 1. The molecule has 3 aliphatic rings. The van der Waals surface area contributed by atoms with Crippen molar-refractivity contribution in [2.75, 3.05) is 34.7 Å². The summed E-state index contributed by atoms with van der Waals surface area (Å²) in [6.45, 7) is 1.98. The predicted octanol–water partition coefficient (Wildman–Crippen LogP) is -0.139. The van der Waals surface area contributed by atoms with Crippen LogP contribution in [0.25, 0.3) is 0 Å². The van der Waals surface area contributed by atoms with Gasteiger partial charge >= 0.3 is 0 Å². The maximum Gasteiger partial charge on any atom is 0.255 e. The molecule has 1 aromatic carbocycles. The molecule has 12 heteroatoms. The van der Waals surface area contributed by atoms with Crippen molar-refractivity contribution >= 4 is 23.4 Å². The fourth-order valence-electron chi connectivity index (χ4n) is 6.44. The number of hydrogen-bond donors (Lipinski definition) is 6. The van der Waals surface area contributed by atoms with E-state index in [9.17, 15) is 39.6 Å². The number of phenols is 1. The molecule has 0 heterocycles. The number of fused-ring (bicyclic) bond motifs is 3. The topological polar surface area (TPSA) is 194 Å². The number of ketones is 2. The Balaban J connectivity index is 1.85. The van der Waals surface area contributed by atoms with Crippen molar-refractivity contribution in [2.45, 2.75) is 44.4 Å². The molecule has 0 radical (unpaired) electrons. The normalized spacial score (nSPS) is 26.1. The number of hydrogen-bond acceptors (Lipinski definition) is 10. The highest BCUT2D eigenvalue weighted by Gasteiger charge is 2.63. The largest absolute Gasteiger partial charge is 0.510 e. The van der Waals surface area contributed by atoms with Gasteiger partial charge in [0.2, 0.25) is 11.7 Å². The van der Waals surface area contributed by atoms with Gasteiger partial charge in [-0.05, 0) is 64.5 Å². The Kier molecular flexibility index (Phi) is 7.56. The molecule has 4 atom stereocenters. The number of likely N-dealkylation sites (N-methyl/N-ethyl adjacent to an activating group) is 2. The van der Waals surface area contributed by atoms with E-state index in [0.29, 0.717) is 17.5 Å². The smallest absolute Gasteiger partial charge is 0.255 e. The van der Waals surface area contributed by atoms with Gasteiger partial charge in [-0.2, -0.15) is 0 Å². The lowest BCUT2D eigenvalue weighted by molar-refractivity contribution is -0.148. The second-order valence-corrected chi connectivity index (χ2v) is 11.2. The molecule has 0 spiro atoms. The van der Waals surface area contributed by atoms with Gasteiger partial charge in [-0.1, -0.05) is 13.0 Å². The van der Waals surface area contributed by atoms with Crippen LogP contribution in [0, 0.1) is 11.8 Å². The molecular weight excluding hydrogens is 520 g/mol. The number of nitrogens with two attached hydrogens (primary N) is 1. The first-order valence-corrected chi connectivity index (χ1v) is 13.1. The Morgan fingerprint density at radius 2 is 1.77 bits per heavy atom. The number of aliphatic hydroxyl groups is 3. The summed E-state index contributed by atoms with van der Waals surface area (Å²) in [5.74, 6) is -7.17. The quantitative estimate of drug-likeness (QED) is 0.246. The number of aryl methyl sites for hydroxylation is 1. The van der Waals surface area contributed by atoms with E-state index in [2.05, 4.69) is 5.32 Å². The first-order chi connectivity index (χ1) is 18.7. The summed E-state index contributed by atoms with van der Waals surface area (Å²) in [6, 6.07) is 0.698. The van der Waals surface area contributed by atoms with Gasteiger partial charge < -0.3 is 36.4 Å². The first kappa shape index (κ1) is 29.2. The van der Waals surface area contributed by atoms with E-state index in [-0.39, 0.29) is 48.7 Å². The van der Waals surface area contributed by atoms with Gasteiger partial charge in [0.1, 0.15) is 22.8 Å². The summed E-state index contributed by atoms with van der Waals surface area (Å²) in [7, 11) is 6.65. The number of aromatic hydroxyl groups is 1. The van der Waals surface area contributed by atoms with Crippen LogP contribution in [0.5, 0.6) is 5.75 Å². The number of primary amides is 1. The predicted molar refractivity (Wildman–Crippen MR) is 143 cm³/mol. The fraction of sp³-hybridized carbons (Fsp3) is 0.500. The van der Waals surface area contributed by atoms with Gasteiger partial charge in [0.15, 0.2) is 11.4 Å². The van der Waals surface area contributed by atoms with Crippen LogP contribution < -0.4 is 11.1 Å².